The summed E-state index contributed by atoms with van der Waals surface area (Å²) in [6.45, 7) is 3.58. The number of carbonyl (C=O) groups is 1. The summed E-state index contributed by atoms with van der Waals surface area (Å²) in [6, 6.07) is 12.8. The first kappa shape index (κ1) is 16.6. The highest BCUT2D eigenvalue weighted by molar-refractivity contribution is 5.80. The lowest BCUT2D eigenvalue weighted by atomic mass is 10.3. The third-order valence-electron chi connectivity index (χ3n) is 3.30. The van der Waals surface area contributed by atoms with Crippen LogP contribution in [0.2, 0.25) is 0 Å². The summed E-state index contributed by atoms with van der Waals surface area (Å²) in [5.74, 6) is 0.852. The van der Waals surface area contributed by atoms with E-state index in [0.29, 0.717) is 11.7 Å². The maximum absolute atomic E-state index is 10.6. The standard InChI is InChI=1S/C18H19N3O4/c1-11(2)25-13-5-3-12(4-6-13)19-18-20-15-8-7-14(9-16(15)21-18)24-10-17(22)23/h3-9,11H,10H2,1-2H3,(H,22,23)(H2,19,20,21). The minimum absolute atomic E-state index is 0.131. The fourth-order valence-electron chi connectivity index (χ4n) is 2.31. The monoisotopic (exact) mass is 341 g/mol. The third-order valence-corrected chi connectivity index (χ3v) is 3.30. The largest absolute Gasteiger partial charge is 0.491 e. The molecular weight excluding hydrogens is 322 g/mol. The van der Waals surface area contributed by atoms with Crippen LogP contribution < -0.4 is 14.8 Å². The molecule has 0 aliphatic carbocycles. The minimum atomic E-state index is -1.02. The van der Waals surface area contributed by atoms with Crippen molar-refractivity contribution in [2.24, 2.45) is 0 Å². The van der Waals surface area contributed by atoms with Crippen molar-refractivity contribution in [2.45, 2.75) is 20.0 Å². The average Bonchev–Trinajstić information content (AvgIpc) is 2.95. The Labute approximate surface area is 144 Å². The van der Waals surface area contributed by atoms with Crippen LogP contribution >= 0.6 is 0 Å². The number of nitrogens with one attached hydrogen (secondary N) is 2. The number of aliphatic carboxylic acids is 1. The zero-order chi connectivity index (χ0) is 17.8. The number of rotatable bonds is 7. The SMILES string of the molecule is CC(C)Oc1ccc(Nc2nc3ccc(OCC(=O)O)cc3[nH]2)cc1. The Hall–Kier alpha value is -3.22. The van der Waals surface area contributed by atoms with Gasteiger partial charge in [-0.25, -0.2) is 9.78 Å². The van der Waals surface area contributed by atoms with Crippen LogP contribution in [0.1, 0.15) is 13.8 Å². The van der Waals surface area contributed by atoms with E-state index in [9.17, 15) is 4.79 Å². The van der Waals surface area contributed by atoms with E-state index in [0.717, 1.165) is 22.5 Å². The van der Waals surface area contributed by atoms with Gasteiger partial charge in [-0.05, 0) is 50.2 Å². The Balaban J connectivity index is 1.72. The van der Waals surface area contributed by atoms with Crippen molar-refractivity contribution < 1.29 is 19.4 Å². The van der Waals surface area contributed by atoms with Crippen molar-refractivity contribution in [1.29, 1.82) is 0 Å². The first-order valence-corrected chi connectivity index (χ1v) is 7.88. The molecule has 3 aromatic rings. The number of hydrogen-bond donors (Lipinski definition) is 3. The summed E-state index contributed by atoms with van der Waals surface area (Å²) in [4.78, 5) is 18.1. The van der Waals surface area contributed by atoms with Gasteiger partial charge in [0.05, 0.1) is 17.1 Å². The van der Waals surface area contributed by atoms with E-state index in [1.54, 1.807) is 18.2 Å². The van der Waals surface area contributed by atoms with Crippen molar-refractivity contribution in [3.8, 4) is 11.5 Å². The lowest BCUT2D eigenvalue weighted by Gasteiger charge is -2.10. The molecular formula is C18H19N3O4. The van der Waals surface area contributed by atoms with Gasteiger partial charge in [0.15, 0.2) is 6.61 Å². The highest BCUT2D eigenvalue weighted by atomic mass is 16.5. The van der Waals surface area contributed by atoms with Gasteiger partial charge in [-0.1, -0.05) is 0 Å². The lowest BCUT2D eigenvalue weighted by Crippen LogP contribution is -2.09. The van der Waals surface area contributed by atoms with Crippen LogP contribution in [0.3, 0.4) is 0 Å². The van der Waals surface area contributed by atoms with Crippen molar-refractivity contribution in [3.05, 3.63) is 42.5 Å². The van der Waals surface area contributed by atoms with Gasteiger partial charge in [0.25, 0.3) is 0 Å². The number of imidazole rings is 1. The quantitative estimate of drug-likeness (QED) is 0.608. The van der Waals surface area contributed by atoms with Gasteiger partial charge < -0.3 is 24.9 Å². The molecule has 0 saturated carbocycles. The van der Waals surface area contributed by atoms with Crippen LogP contribution in [-0.2, 0) is 4.79 Å². The van der Waals surface area contributed by atoms with Gasteiger partial charge in [-0.2, -0.15) is 0 Å². The van der Waals surface area contributed by atoms with E-state index in [1.807, 2.05) is 38.1 Å². The first-order valence-electron chi connectivity index (χ1n) is 7.88. The highest BCUT2D eigenvalue weighted by Gasteiger charge is 2.06. The molecule has 7 nitrogen and oxygen atoms in total. The molecule has 1 aromatic heterocycles. The van der Waals surface area contributed by atoms with Gasteiger partial charge in [-0.3, -0.25) is 0 Å². The molecule has 0 atom stereocenters. The Morgan fingerprint density at radius 1 is 1.20 bits per heavy atom. The molecule has 0 spiro atoms. The molecule has 0 saturated heterocycles. The summed E-state index contributed by atoms with van der Waals surface area (Å²) >= 11 is 0. The molecule has 3 rings (SSSR count). The number of carboxylic acids is 1. The number of H-pyrrole nitrogens is 1. The lowest BCUT2D eigenvalue weighted by molar-refractivity contribution is -0.139. The molecule has 25 heavy (non-hydrogen) atoms. The number of nitrogens with zero attached hydrogens (tertiary/aromatic N) is 1. The summed E-state index contributed by atoms with van der Waals surface area (Å²) in [6.07, 6.45) is 0.131. The normalized spacial score (nSPS) is 10.8. The second-order valence-corrected chi connectivity index (χ2v) is 5.76. The Morgan fingerprint density at radius 2 is 1.92 bits per heavy atom. The number of hydrogen-bond acceptors (Lipinski definition) is 5. The smallest absolute Gasteiger partial charge is 0.341 e. The van der Waals surface area contributed by atoms with E-state index in [1.165, 1.54) is 0 Å². The number of carboxylic acid groups (broad SMARTS) is 1. The minimum Gasteiger partial charge on any atom is -0.491 e. The number of fused-ring (bicyclic) bond motifs is 1. The average molecular weight is 341 g/mol. The van der Waals surface area contributed by atoms with Gasteiger partial charge in [0, 0.05) is 11.8 Å². The fourth-order valence-corrected chi connectivity index (χ4v) is 2.31. The number of aromatic amines is 1. The van der Waals surface area contributed by atoms with Gasteiger partial charge >= 0.3 is 5.97 Å². The van der Waals surface area contributed by atoms with Gasteiger partial charge in [0.1, 0.15) is 11.5 Å². The molecule has 0 amide bonds. The maximum atomic E-state index is 10.6. The van der Waals surface area contributed by atoms with E-state index in [4.69, 9.17) is 14.6 Å². The summed E-state index contributed by atoms with van der Waals surface area (Å²) < 4.78 is 10.8. The van der Waals surface area contributed by atoms with Crippen molar-refractivity contribution in [1.82, 2.24) is 9.97 Å². The van der Waals surface area contributed by atoms with Crippen LogP contribution in [0, 0.1) is 0 Å². The molecule has 1 heterocycles. The second-order valence-electron chi connectivity index (χ2n) is 5.76. The van der Waals surface area contributed by atoms with Crippen LogP contribution in [0.25, 0.3) is 11.0 Å². The molecule has 0 aliphatic rings. The Bertz CT molecular complexity index is 872. The second kappa shape index (κ2) is 7.12. The van der Waals surface area contributed by atoms with Crippen molar-refractivity contribution in [3.63, 3.8) is 0 Å². The van der Waals surface area contributed by atoms with E-state index in [-0.39, 0.29) is 12.7 Å². The van der Waals surface area contributed by atoms with Gasteiger partial charge in [0.2, 0.25) is 5.95 Å². The van der Waals surface area contributed by atoms with Crippen LogP contribution in [0.5, 0.6) is 11.5 Å². The first-order chi connectivity index (χ1) is 12.0. The van der Waals surface area contributed by atoms with Gasteiger partial charge in [-0.15, -0.1) is 0 Å². The predicted molar refractivity (Wildman–Crippen MR) is 94.7 cm³/mol. The molecule has 130 valence electrons. The van der Waals surface area contributed by atoms with Crippen LogP contribution in [0.15, 0.2) is 42.5 Å². The molecule has 0 aliphatic heterocycles. The predicted octanol–water partition coefficient (Wildman–Crippen LogP) is 3.56. The van der Waals surface area contributed by atoms with Crippen molar-refractivity contribution in [2.75, 3.05) is 11.9 Å². The Morgan fingerprint density at radius 3 is 2.60 bits per heavy atom. The number of ether oxygens (including phenoxy) is 2. The Kier molecular flexibility index (Phi) is 4.74. The number of anilines is 2. The molecule has 2 aromatic carbocycles. The zero-order valence-electron chi connectivity index (χ0n) is 13.9. The summed E-state index contributed by atoms with van der Waals surface area (Å²) in [5.41, 5.74) is 2.38. The number of benzene rings is 2. The highest BCUT2D eigenvalue weighted by Crippen LogP contribution is 2.23. The van der Waals surface area contributed by atoms with E-state index >= 15 is 0 Å². The van der Waals surface area contributed by atoms with E-state index < -0.39 is 5.97 Å². The molecule has 3 N–H and O–H groups in total. The zero-order valence-corrected chi connectivity index (χ0v) is 13.9. The third kappa shape index (κ3) is 4.41. The molecule has 0 bridgehead atoms. The number of aromatic nitrogens is 2. The maximum Gasteiger partial charge on any atom is 0.341 e. The summed E-state index contributed by atoms with van der Waals surface area (Å²) in [7, 11) is 0. The molecule has 0 unspecified atom stereocenters. The summed E-state index contributed by atoms with van der Waals surface area (Å²) in [5, 5.41) is 11.8. The molecule has 7 heteroatoms. The van der Waals surface area contributed by atoms with E-state index in [2.05, 4.69) is 15.3 Å². The molecule has 0 radical (unpaired) electrons. The van der Waals surface area contributed by atoms with Crippen LogP contribution in [-0.4, -0.2) is 33.8 Å². The van der Waals surface area contributed by atoms with Crippen LogP contribution in [0.4, 0.5) is 11.6 Å². The molecule has 0 fully saturated rings. The van der Waals surface area contributed by atoms with Crippen molar-refractivity contribution >= 4 is 28.6 Å². The topological polar surface area (TPSA) is 96.5 Å². The fraction of sp³-hybridized carbons (Fsp3) is 0.222.